The van der Waals surface area contributed by atoms with Crippen LogP contribution in [-0.4, -0.2) is 41.3 Å². The summed E-state index contributed by atoms with van der Waals surface area (Å²) < 4.78 is 0. The zero-order valence-electron chi connectivity index (χ0n) is 13.0. The molecule has 112 valence electrons. The second-order valence-corrected chi connectivity index (χ2v) is 6.46. The molecule has 1 aromatic rings. The number of rotatable bonds is 3. The molecule has 1 atom stereocenters. The maximum absolute atomic E-state index is 9.58. The molecule has 0 radical (unpaired) electrons. The largest absolute Gasteiger partial charge is 0.394 e. The minimum absolute atomic E-state index is 0.0912. The molecule has 2 rings (SSSR count). The SMILES string of the molecule is CNc1cc(N2CCCCC2CO)nc(C(C)(C)C)n1. The molecule has 20 heavy (non-hydrogen) atoms. The third-order valence-electron chi connectivity index (χ3n) is 3.77. The second kappa shape index (κ2) is 5.95. The summed E-state index contributed by atoms with van der Waals surface area (Å²) in [5, 5.41) is 12.7. The van der Waals surface area contributed by atoms with Crippen LogP contribution in [0.5, 0.6) is 0 Å². The number of aromatic nitrogens is 2. The van der Waals surface area contributed by atoms with Crippen molar-refractivity contribution in [2.24, 2.45) is 0 Å². The Balaban J connectivity index is 2.39. The lowest BCUT2D eigenvalue weighted by atomic mass is 9.95. The van der Waals surface area contributed by atoms with Crippen molar-refractivity contribution in [1.82, 2.24) is 9.97 Å². The van der Waals surface area contributed by atoms with Crippen LogP contribution in [-0.2, 0) is 5.41 Å². The van der Waals surface area contributed by atoms with E-state index < -0.39 is 0 Å². The average molecular weight is 278 g/mol. The van der Waals surface area contributed by atoms with Crippen LogP contribution in [0.15, 0.2) is 6.07 Å². The molecular formula is C15H26N4O. The summed E-state index contributed by atoms with van der Waals surface area (Å²) in [5.41, 5.74) is -0.0912. The van der Waals surface area contributed by atoms with Gasteiger partial charge in [0.25, 0.3) is 0 Å². The standard InChI is InChI=1S/C15H26N4O/c1-15(2,3)14-17-12(16-4)9-13(18-14)19-8-6-5-7-11(19)10-20/h9,11,20H,5-8,10H2,1-4H3,(H,16,17,18). The van der Waals surface area contributed by atoms with Gasteiger partial charge in [-0.1, -0.05) is 20.8 Å². The van der Waals surface area contributed by atoms with Gasteiger partial charge in [-0.05, 0) is 19.3 Å². The van der Waals surface area contributed by atoms with Gasteiger partial charge in [-0.15, -0.1) is 0 Å². The molecule has 2 heterocycles. The predicted molar refractivity (Wildman–Crippen MR) is 82.3 cm³/mol. The number of piperidine rings is 1. The monoisotopic (exact) mass is 278 g/mol. The highest BCUT2D eigenvalue weighted by atomic mass is 16.3. The summed E-state index contributed by atoms with van der Waals surface area (Å²) in [5.74, 6) is 2.59. The molecule has 1 unspecified atom stereocenters. The van der Waals surface area contributed by atoms with Crippen molar-refractivity contribution >= 4 is 11.6 Å². The average Bonchev–Trinajstić information content (AvgIpc) is 2.45. The van der Waals surface area contributed by atoms with Gasteiger partial charge in [0.05, 0.1) is 12.6 Å². The number of aliphatic hydroxyl groups excluding tert-OH is 1. The molecule has 1 aliphatic heterocycles. The van der Waals surface area contributed by atoms with Gasteiger partial charge >= 0.3 is 0 Å². The zero-order valence-corrected chi connectivity index (χ0v) is 13.0. The second-order valence-electron chi connectivity index (χ2n) is 6.46. The Hall–Kier alpha value is -1.36. The number of nitrogens with one attached hydrogen (secondary N) is 1. The highest BCUT2D eigenvalue weighted by Crippen LogP contribution is 2.28. The lowest BCUT2D eigenvalue weighted by Crippen LogP contribution is -2.42. The van der Waals surface area contributed by atoms with Crippen molar-refractivity contribution in [3.63, 3.8) is 0 Å². The topological polar surface area (TPSA) is 61.3 Å². The van der Waals surface area contributed by atoms with Crippen LogP contribution < -0.4 is 10.2 Å². The molecular weight excluding hydrogens is 252 g/mol. The van der Waals surface area contributed by atoms with Crippen LogP contribution in [0.1, 0.15) is 45.9 Å². The molecule has 0 amide bonds. The fourth-order valence-corrected chi connectivity index (χ4v) is 2.54. The lowest BCUT2D eigenvalue weighted by Gasteiger charge is -2.36. The van der Waals surface area contributed by atoms with Gasteiger partial charge in [0, 0.05) is 25.1 Å². The third-order valence-corrected chi connectivity index (χ3v) is 3.77. The van der Waals surface area contributed by atoms with E-state index in [1.54, 1.807) is 0 Å². The van der Waals surface area contributed by atoms with Crippen molar-refractivity contribution in [2.45, 2.75) is 51.5 Å². The molecule has 0 bridgehead atoms. The van der Waals surface area contributed by atoms with Gasteiger partial charge in [0.15, 0.2) is 0 Å². The van der Waals surface area contributed by atoms with Gasteiger partial charge in [0.1, 0.15) is 17.5 Å². The van der Waals surface area contributed by atoms with Crippen molar-refractivity contribution < 1.29 is 5.11 Å². The van der Waals surface area contributed by atoms with Gasteiger partial charge in [-0.2, -0.15) is 0 Å². The number of nitrogens with zero attached hydrogens (tertiary/aromatic N) is 3. The van der Waals surface area contributed by atoms with Crippen LogP contribution in [0.2, 0.25) is 0 Å². The van der Waals surface area contributed by atoms with E-state index in [1.165, 1.54) is 6.42 Å². The van der Waals surface area contributed by atoms with E-state index in [1.807, 2.05) is 13.1 Å². The molecule has 1 aromatic heterocycles. The number of anilines is 2. The maximum atomic E-state index is 9.58. The van der Waals surface area contributed by atoms with Crippen LogP contribution in [0.3, 0.4) is 0 Å². The summed E-state index contributed by atoms with van der Waals surface area (Å²) in [7, 11) is 1.87. The van der Waals surface area contributed by atoms with E-state index in [4.69, 9.17) is 4.98 Å². The van der Waals surface area contributed by atoms with Gasteiger partial charge in [-0.3, -0.25) is 0 Å². The Labute approximate surface area is 121 Å². The van der Waals surface area contributed by atoms with Crippen LogP contribution in [0, 0.1) is 0 Å². The minimum Gasteiger partial charge on any atom is -0.394 e. The van der Waals surface area contributed by atoms with E-state index in [2.05, 4.69) is 36.0 Å². The lowest BCUT2D eigenvalue weighted by molar-refractivity contribution is 0.239. The zero-order chi connectivity index (χ0) is 14.8. The van der Waals surface area contributed by atoms with Crippen LogP contribution in [0.25, 0.3) is 0 Å². The molecule has 2 N–H and O–H groups in total. The fourth-order valence-electron chi connectivity index (χ4n) is 2.54. The maximum Gasteiger partial charge on any atom is 0.138 e. The molecule has 0 aliphatic carbocycles. The van der Waals surface area contributed by atoms with Crippen molar-refractivity contribution in [2.75, 3.05) is 30.4 Å². The van der Waals surface area contributed by atoms with E-state index >= 15 is 0 Å². The first kappa shape index (κ1) is 15.0. The molecule has 1 saturated heterocycles. The Bertz CT molecular complexity index is 456. The molecule has 0 saturated carbocycles. The molecule has 1 fully saturated rings. The Kier molecular flexibility index (Phi) is 4.48. The summed E-state index contributed by atoms with van der Waals surface area (Å²) >= 11 is 0. The van der Waals surface area contributed by atoms with Crippen molar-refractivity contribution in [3.05, 3.63) is 11.9 Å². The first-order chi connectivity index (χ1) is 9.45. The summed E-state index contributed by atoms with van der Waals surface area (Å²) in [4.78, 5) is 11.5. The quantitative estimate of drug-likeness (QED) is 0.887. The normalized spacial score (nSPS) is 20.1. The van der Waals surface area contributed by atoms with Gasteiger partial charge in [0.2, 0.25) is 0 Å². The van der Waals surface area contributed by atoms with E-state index in [9.17, 15) is 5.11 Å². The van der Waals surface area contributed by atoms with Crippen LogP contribution >= 0.6 is 0 Å². The van der Waals surface area contributed by atoms with Crippen molar-refractivity contribution in [3.8, 4) is 0 Å². The minimum atomic E-state index is -0.0912. The molecule has 0 aromatic carbocycles. The van der Waals surface area contributed by atoms with E-state index in [0.717, 1.165) is 36.8 Å². The first-order valence-electron chi connectivity index (χ1n) is 7.40. The van der Waals surface area contributed by atoms with E-state index in [-0.39, 0.29) is 18.1 Å². The molecule has 5 heteroatoms. The Morgan fingerprint density at radius 3 is 2.70 bits per heavy atom. The molecule has 5 nitrogen and oxygen atoms in total. The van der Waals surface area contributed by atoms with Gasteiger partial charge < -0.3 is 15.3 Å². The summed E-state index contributed by atoms with van der Waals surface area (Å²) in [6.45, 7) is 7.49. The fraction of sp³-hybridized carbons (Fsp3) is 0.733. The number of hydrogen-bond donors (Lipinski definition) is 2. The summed E-state index contributed by atoms with van der Waals surface area (Å²) in [6.07, 6.45) is 3.36. The van der Waals surface area contributed by atoms with Gasteiger partial charge in [-0.25, -0.2) is 9.97 Å². The number of aliphatic hydroxyl groups is 1. The Morgan fingerprint density at radius 2 is 2.10 bits per heavy atom. The van der Waals surface area contributed by atoms with E-state index in [0.29, 0.717) is 0 Å². The smallest absolute Gasteiger partial charge is 0.138 e. The first-order valence-corrected chi connectivity index (χ1v) is 7.40. The van der Waals surface area contributed by atoms with Crippen molar-refractivity contribution in [1.29, 1.82) is 0 Å². The Morgan fingerprint density at radius 1 is 1.35 bits per heavy atom. The number of hydrogen-bond acceptors (Lipinski definition) is 5. The van der Waals surface area contributed by atoms with Crippen LogP contribution in [0.4, 0.5) is 11.6 Å². The predicted octanol–water partition coefficient (Wildman–Crippen LogP) is 2.17. The molecule has 0 spiro atoms. The highest BCUT2D eigenvalue weighted by Gasteiger charge is 2.26. The third kappa shape index (κ3) is 3.20. The highest BCUT2D eigenvalue weighted by molar-refractivity contribution is 5.50. The summed E-state index contributed by atoms with van der Waals surface area (Å²) in [6, 6.07) is 2.15. The molecule has 1 aliphatic rings.